The van der Waals surface area contributed by atoms with Crippen LogP contribution in [0.15, 0.2) is 417 Å². The molecule has 0 radical (unpaired) electrons. The van der Waals surface area contributed by atoms with E-state index < -0.39 is 10.8 Å². The molecule has 2 aliphatic heterocycles. The normalized spacial score (nSPS) is 13.2. The Balaban J connectivity index is 0.000000134. The highest BCUT2D eigenvalue weighted by molar-refractivity contribution is 7.26. The maximum atomic E-state index is 7.00. The van der Waals surface area contributed by atoms with E-state index >= 15 is 0 Å². The monoisotopic (exact) mass is 1680 g/mol. The lowest BCUT2D eigenvalue weighted by Crippen LogP contribution is -2.32. The van der Waals surface area contributed by atoms with Gasteiger partial charge in [-0.05, 0) is 152 Å². The van der Waals surface area contributed by atoms with Crippen LogP contribution in [0.1, 0.15) is 44.5 Å². The fraction of sp³-hybridized carbons (Fsp3) is 0.0169. The molecular formula is C118H68N8O3S. The molecule has 12 heteroatoms. The second-order valence-electron chi connectivity index (χ2n) is 33.7. The third-order valence-electron chi connectivity index (χ3n) is 26.8. The second-order valence-corrected chi connectivity index (χ2v) is 34.7. The predicted molar refractivity (Wildman–Crippen MR) is 524 cm³/mol. The Kier molecular flexibility index (Phi) is 16.2. The number of furan rings is 1. The minimum absolute atomic E-state index is 0.561. The van der Waals surface area contributed by atoms with Gasteiger partial charge < -0.3 is 13.9 Å². The summed E-state index contributed by atoms with van der Waals surface area (Å²) in [6.07, 6.45) is 0. The molecule has 28 rings (SSSR count). The smallest absolute Gasteiger partial charge is 0.165 e. The first-order valence-corrected chi connectivity index (χ1v) is 44.6. The second kappa shape index (κ2) is 28.7. The standard InChI is InChI=1S/C59H34N4O2.C59H34N4OS/c1-3-16-35(17-4-1)55-44-34-53-48(59(47-26-12-14-28-51(47)65-53)45-24-10-7-20-38(45)39-21-8-11-25-46(39)59)33-42(44)43-32-37(30-31-49(43)60-55)57-61-56(36-18-5-2-6-19-36)62-58(63-57)41-23-15-29-52-54(41)40-22-9-13-27-50(40)64-52;1-3-16-35(17-4-1)54-45-34-52-49(59(48-27-12-13-28-51(48)64-52)46-25-10-7-20-38(46)39-21-8-11-26-47(39)59)33-43(45)44-32-37(30-31-50(44)60-54)57-61-56(36-18-5-2-6-19-36)62-58(63-57)42-24-15-23-41-40-22-9-14-29-53(40)65-55(41)42/h2*1-34H. The first kappa shape index (κ1) is 73.3. The first-order chi connectivity index (χ1) is 64.4. The minimum Gasteiger partial charge on any atom is -0.457 e. The van der Waals surface area contributed by atoms with Gasteiger partial charge in [0.1, 0.15) is 34.2 Å². The molecule has 0 bridgehead atoms. The zero-order valence-corrected chi connectivity index (χ0v) is 70.3. The summed E-state index contributed by atoms with van der Waals surface area (Å²) in [7, 11) is 0. The number of para-hydroxylation sites is 3. The highest BCUT2D eigenvalue weighted by Crippen LogP contribution is 2.65. The molecule has 0 amide bonds. The van der Waals surface area contributed by atoms with Crippen molar-refractivity contribution in [2.45, 2.75) is 10.8 Å². The fourth-order valence-electron chi connectivity index (χ4n) is 21.2. The molecule has 0 fully saturated rings. The van der Waals surface area contributed by atoms with Crippen LogP contribution >= 0.6 is 11.3 Å². The molecular weight excluding hydrogens is 1610 g/mol. The van der Waals surface area contributed by atoms with Crippen molar-refractivity contribution in [2.75, 3.05) is 0 Å². The molecule has 18 aromatic carbocycles. The summed E-state index contributed by atoms with van der Waals surface area (Å²) in [4.78, 5) is 42.2. The molecule has 604 valence electrons. The van der Waals surface area contributed by atoms with Gasteiger partial charge in [-0.3, -0.25) is 0 Å². The number of nitrogens with zero attached hydrogens (tertiary/aromatic N) is 8. The zero-order valence-electron chi connectivity index (χ0n) is 69.5. The van der Waals surface area contributed by atoms with E-state index in [9.17, 15) is 0 Å². The average molecular weight is 1680 g/mol. The highest BCUT2D eigenvalue weighted by atomic mass is 32.1. The van der Waals surface area contributed by atoms with Crippen molar-refractivity contribution in [3.05, 3.63) is 457 Å². The third-order valence-corrected chi connectivity index (χ3v) is 28.0. The van der Waals surface area contributed by atoms with Gasteiger partial charge in [-0.15, -0.1) is 11.3 Å². The Hall–Kier alpha value is -17.1. The van der Waals surface area contributed by atoms with Crippen LogP contribution < -0.4 is 9.47 Å². The lowest BCUT2D eigenvalue weighted by Gasteiger charge is -2.39. The van der Waals surface area contributed by atoms with E-state index in [2.05, 4.69) is 322 Å². The van der Waals surface area contributed by atoms with Crippen LogP contribution in [-0.2, 0) is 10.8 Å². The third kappa shape index (κ3) is 11.0. The van der Waals surface area contributed by atoms with E-state index in [4.69, 9.17) is 53.8 Å². The molecule has 0 saturated carbocycles. The number of aromatic nitrogens is 8. The Labute approximate surface area is 749 Å². The van der Waals surface area contributed by atoms with Crippen LogP contribution in [0.5, 0.6) is 23.0 Å². The van der Waals surface area contributed by atoms with Gasteiger partial charge in [0, 0.05) is 119 Å². The average Bonchev–Trinajstić information content (AvgIpc) is 1.49. The molecule has 4 aliphatic rings. The lowest BCUT2D eigenvalue weighted by molar-refractivity contribution is 0.437. The molecule has 8 heterocycles. The van der Waals surface area contributed by atoms with Gasteiger partial charge in [0.05, 0.1) is 33.3 Å². The Morgan fingerprint density at radius 3 is 1.05 bits per heavy atom. The predicted octanol–water partition coefficient (Wildman–Crippen LogP) is 29.7. The molecule has 130 heavy (non-hydrogen) atoms. The van der Waals surface area contributed by atoms with Crippen molar-refractivity contribution in [2.24, 2.45) is 0 Å². The molecule has 2 aliphatic carbocycles. The van der Waals surface area contributed by atoms with Crippen molar-refractivity contribution < 1.29 is 13.9 Å². The van der Waals surface area contributed by atoms with Crippen LogP contribution in [-0.4, -0.2) is 39.9 Å². The van der Waals surface area contributed by atoms with E-state index in [0.717, 1.165) is 171 Å². The van der Waals surface area contributed by atoms with Gasteiger partial charge in [0.25, 0.3) is 0 Å². The molecule has 0 unspecified atom stereocenters. The van der Waals surface area contributed by atoms with Gasteiger partial charge in [-0.25, -0.2) is 39.9 Å². The summed E-state index contributed by atoms with van der Waals surface area (Å²) in [6.45, 7) is 0. The van der Waals surface area contributed by atoms with Gasteiger partial charge >= 0.3 is 0 Å². The maximum Gasteiger partial charge on any atom is 0.165 e. The number of benzene rings is 18. The number of pyridine rings is 2. The van der Waals surface area contributed by atoms with Crippen molar-refractivity contribution in [3.63, 3.8) is 0 Å². The fourth-order valence-corrected chi connectivity index (χ4v) is 22.4. The molecule has 0 saturated heterocycles. The highest BCUT2D eigenvalue weighted by Gasteiger charge is 2.53. The van der Waals surface area contributed by atoms with Crippen molar-refractivity contribution in [1.29, 1.82) is 0 Å². The summed E-state index contributed by atoms with van der Waals surface area (Å²) in [5, 5.41) is 10.5. The van der Waals surface area contributed by atoms with Gasteiger partial charge in [0.2, 0.25) is 0 Å². The van der Waals surface area contributed by atoms with E-state index in [1.165, 1.54) is 60.0 Å². The molecule has 6 aromatic heterocycles. The molecule has 11 nitrogen and oxygen atoms in total. The van der Waals surface area contributed by atoms with Gasteiger partial charge in [0.15, 0.2) is 34.9 Å². The van der Waals surface area contributed by atoms with Crippen LogP contribution in [0, 0.1) is 0 Å². The van der Waals surface area contributed by atoms with E-state index in [1.54, 1.807) is 11.3 Å². The van der Waals surface area contributed by atoms with Crippen LogP contribution in [0.25, 0.3) is 199 Å². The summed E-state index contributed by atoms with van der Waals surface area (Å²) < 4.78 is 22.7. The SMILES string of the molecule is c1ccc(-c2nc(-c3ccc4nc(-c5ccccc5)c5cc6c(cc5c4c3)C3(c4ccccc4O6)c4ccccc4-c4ccccc43)nc(-c3cccc4c3sc3ccccc34)n2)cc1.c1ccc(-c2nc(-c3ccc4nc(-c5ccccc5)c5cc6c(cc5c4c3)C3(c4ccccc4O6)c4ccccc4-c4ccccc43)nc(-c3cccc4oc5ccccc5c34)n2)cc1. The minimum atomic E-state index is -0.627. The number of hydrogen-bond acceptors (Lipinski definition) is 12. The maximum absolute atomic E-state index is 7.00. The Morgan fingerprint density at radius 2 is 0.562 bits per heavy atom. The van der Waals surface area contributed by atoms with Crippen LogP contribution in [0.4, 0.5) is 0 Å². The van der Waals surface area contributed by atoms with Crippen molar-refractivity contribution >= 4 is 96.8 Å². The topological polar surface area (TPSA) is 135 Å². The van der Waals surface area contributed by atoms with Crippen LogP contribution in [0.2, 0.25) is 0 Å². The zero-order chi connectivity index (χ0) is 85.3. The van der Waals surface area contributed by atoms with Crippen LogP contribution in [0.3, 0.4) is 0 Å². The summed E-state index contributed by atoms with van der Waals surface area (Å²) in [6, 6.07) is 145. The summed E-state index contributed by atoms with van der Waals surface area (Å²) >= 11 is 1.78. The van der Waals surface area contributed by atoms with Crippen molar-refractivity contribution in [3.8, 4) is 136 Å². The lowest BCUT2D eigenvalue weighted by atomic mass is 9.65. The molecule has 24 aromatic rings. The largest absolute Gasteiger partial charge is 0.457 e. The molecule has 0 N–H and O–H groups in total. The van der Waals surface area contributed by atoms with Gasteiger partial charge in [-0.1, -0.05) is 315 Å². The van der Waals surface area contributed by atoms with E-state index in [1.807, 2.05) is 91.0 Å². The van der Waals surface area contributed by atoms with Gasteiger partial charge in [-0.2, -0.15) is 0 Å². The Morgan fingerprint density at radius 1 is 0.200 bits per heavy atom. The number of hydrogen-bond donors (Lipinski definition) is 0. The molecule has 0 atom stereocenters. The number of rotatable bonds is 8. The number of ether oxygens (including phenoxy) is 2. The summed E-state index contributed by atoms with van der Waals surface area (Å²) in [5.41, 5.74) is 25.8. The Bertz CT molecular complexity index is 8810. The van der Waals surface area contributed by atoms with Crippen molar-refractivity contribution in [1.82, 2.24) is 39.9 Å². The van der Waals surface area contributed by atoms with E-state index in [0.29, 0.717) is 34.9 Å². The summed E-state index contributed by atoms with van der Waals surface area (Å²) in [5.74, 6) is 6.91. The number of thiophene rings is 1. The quantitative estimate of drug-likeness (QED) is 0.135. The molecule has 2 spiro atoms. The van der Waals surface area contributed by atoms with E-state index in [-0.39, 0.29) is 0 Å². The first-order valence-electron chi connectivity index (χ1n) is 43.7. The number of fused-ring (bicyclic) bond motifs is 30.